The number of rotatable bonds is 2. The molecule has 0 radical (unpaired) electrons. The highest BCUT2D eigenvalue weighted by atomic mass is 79.9. The molecular formula is C12H13BrFNO2. The first-order valence-electron chi connectivity index (χ1n) is 5.41. The second-order valence-electron chi connectivity index (χ2n) is 4.32. The zero-order chi connectivity index (χ0) is 12.6. The predicted molar refractivity (Wildman–Crippen MR) is 65.3 cm³/mol. The third kappa shape index (κ3) is 2.35. The van der Waals surface area contributed by atoms with Gasteiger partial charge in [0.25, 0.3) is 0 Å². The van der Waals surface area contributed by atoms with E-state index in [1.165, 1.54) is 0 Å². The van der Waals surface area contributed by atoms with Crippen molar-refractivity contribution in [2.24, 2.45) is 5.92 Å². The van der Waals surface area contributed by atoms with Crippen LogP contribution in [0.15, 0.2) is 16.6 Å². The van der Waals surface area contributed by atoms with Crippen molar-refractivity contribution in [1.82, 2.24) is 5.32 Å². The molecule has 1 saturated heterocycles. The summed E-state index contributed by atoms with van der Waals surface area (Å²) >= 11 is 3.32. The first kappa shape index (κ1) is 12.5. The molecule has 5 heteroatoms. The molecule has 0 amide bonds. The summed E-state index contributed by atoms with van der Waals surface area (Å²) in [7, 11) is 0. The molecule has 92 valence electrons. The van der Waals surface area contributed by atoms with Crippen molar-refractivity contribution in [1.29, 1.82) is 0 Å². The molecule has 0 aliphatic carbocycles. The zero-order valence-corrected chi connectivity index (χ0v) is 10.9. The van der Waals surface area contributed by atoms with Crippen LogP contribution in [0.2, 0.25) is 0 Å². The number of aryl methyl sites for hydroxylation is 1. The molecular weight excluding hydrogens is 289 g/mol. The van der Waals surface area contributed by atoms with Crippen LogP contribution in [0.25, 0.3) is 0 Å². The molecule has 0 aromatic heterocycles. The third-order valence-corrected chi connectivity index (χ3v) is 3.84. The van der Waals surface area contributed by atoms with Crippen LogP contribution in [-0.4, -0.2) is 17.6 Å². The quantitative estimate of drug-likeness (QED) is 0.883. The lowest BCUT2D eigenvalue weighted by Crippen LogP contribution is -2.18. The topological polar surface area (TPSA) is 49.3 Å². The van der Waals surface area contributed by atoms with Crippen molar-refractivity contribution in [2.45, 2.75) is 19.4 Å². The maximum absolute atomic E-state index is 14.0. The maximum Gasteiger partial charge on any atom is 0.307 e. The van der Waals surface area contributed by atoms with Gasteiger partial charge < -0.3 is 10.4 Å². The van der Waals surface area contributed by atoms with Crippen LogP contribution in [0.1, 0.15) is 23.6 Å². The van der Waals surface area contributed by atoms with Gasteiger partial charge in [-0.2, -0.15) is 0 Å². The predicted octanol–water partition coefficient (Wildman–Crippen LogP) is 2.63. The fourth-order valence-electron chi connectivity index (χ4n) is 2.14. The summed E-state index contributed by atoms with van der Waals surface area (Å²) in [6.07, 6.45) is 0.425. The summed E-state index contributed by atoms with van der Waals surface area (Å²) in [5.41, 5.74) is 1.11. The van der Waals surface area contributed by atoms with E-state index in [2.05, 4.69) is 21.2 Å². The highest BCUT2D eigenvalue weighted by molar-refractivity contribution is 9.10. The van der Waals surface area contributed by atoms with Gasteiger partial charge in [-0.05, 0) is 25.0 Å². The molecule has 2 N–H and O–H groups in total. The number of carbonyl (C=O) groups is 1. The number of nitrogens with one attached hydrogen (secondary N) is 1. The monoisotopic (exact) mass is 301 g/mol. The molecule has 2 atom stereocenters. The van der Waals surface area contributed by atoms with Crippen LogP contribution in [-0.2, 0) is 4.79 Å². The normalized spacial score (nSPS) is 23.9. The van der Waals surface area contributed by atoms with Crippen LogP contribution in [0.3, 0.4) is 0 Å². The lowest BCUT2D eigenvalue weighted by atomic mass is 9.98. The number of hydrogen-bond acceptors (Lipinski definition) is 2. The number of carboxylic acids is 1. The van der Waals surface area contributed by atoms with Gasteiger partial charge >= 0.3 is 5.97 Å². The Balaban J connectivity index is 2.30. The number of halogens is 2. The zero-order valence-electron chi connectivity index (χ0n) is 9.34. The largest absolute Gasteiger partial charge is 0.481 e. The van der Waals surface area contributed by atoms with Gasteiger partial charge in [0.05, 0.1) is 5.92 Å². The minimum atomic E-state index is -0.829. The van der Waals surface area contributed by atoms with Gasteiger partial charge in [-0.1, -0.05) is 22.0 Å². The number of carboxylic acid groups (broad SMARTS) is 1. The molecule has 0 spiro atoms. The van der Waals surface area contributed by atoms with Gasteiger partial charge in [-0.3, -0.25) is 4.79 Å². The van der Waals surface area contributed by atoms with Gasteiger partial charge in [0, 0.05) is 22.6 Å². The Morgan fingerprint density at radius 3 is 2.88 bits per heavy atom. The van der Waals surface area contributed by atoms with Crippen LogP contribution in [0, 0.1) is 18.7 Å². The summed E-state index contributed by atoms with van der Waals surface area (Å²) in [5, 5.41) is 12.0. The molecule has 1 fully saturated rings. The molecule has 0 bridgehead atoms. The smallest absolute Gasteiger partial charge is 0.307 e. The number of aliphatic carboxylic acids is 1. The summed E-state index contributed by atoms with van der Waals surface area (Å²) in [5.74, 6) is -1.53. The van der Waals surface area contributed by atoms with Crippen molar-refractivity contribution < 1.29 is 14.3 Å². The van der Waals surface area contributed by atoms with Crippen molar-refractivity contribution in [3.8, 4) is 0 Å². The minimum Gasteiger partial charge on any atom is -0.481 e. The van der Waals surface area contributed by atoms with E-state index in [0.717, 1.165) is 0 Å². The van der Waals surface area contributed by atoms with Gasteiger partial charge in [0.15, 0.2) is 0 Å². The Hall–Kier alpha value is -0.940. The van der Waals surface area contributed by atoms with E-state index >= 15 is 0 Å². The van der Waals surface area contributed by atoms with Crippen LogP contribution in [0.5, 0.6) is 0 Å². The molecule has 0 saturated carbocycles. The Kier molecular flexibility index (Phi) is 3.49. The SMILES string of the molecule is Cc1ccc(Br)c(C2CC(C(=O)O)CN2)c1F. The molecule has 2 rings (SSSR count). The molecule has 1 aliphatic rings. The molecule has 17 heavy (non-hydrogen) atoms. The molecule has 1 aromatic carbocycles. The Bertz CT molecular complexity index is 464. The summed E-state index contributed by atoms with van der Waals surface area (Å²) in [6.45, 7) is 2.09. The van der Waals surface area contributed by atoms with Crippen molar-refractivity contribution in [3.63, 3.8) is 0 Å². The standard InChI is InChI=1S/C12H13BrFNO2/c1-6-2-3-8(13)10(11(6)14)9-4-7(5-15-9)12(16)17/h2-3,7,9,15H,4-5H2,1H3,(H,16,17). The van der Waals surface area contributed by atoms with Gasteiger partial charge in [0.2, 0.25) is 0 Å². The minimum absolute atomic E-state index is 0.231. The van der Waals surface area contributed by atoms with Gasteiger partial charge in [-0.25, -0.2) is 4.39 Å². The number of hydrogen-bond donors (Lipinski definition) is 2. The van der Waals surface area contributed by atoms with E-state index < -0.39 is 11.9 Å². The summed E-state index contributed by atoms with van der Waals surface area (Å²) in [4.78, 5) is 10.9. The first-order valence-corrected chi connectivity index (χ1v) is 6.20. The summed E-state index contributed by atoms with van der Waals surface area (Å²) in [6, 6.07) is 3.26. The average molecular weight is 302 g/mol. The molecule has 3 nitrogen and oxygen atoms in total. The van der Waals surface area contributed by atoms with Crippen molar-refractivity contribution in [2.75, 3.05) is 6.54 Å². The Morgan fingerprint density at radius 2 is 2.29 bits per heavy atom. The first-order chi connectivity index (χ1) is 8.00. The molecule has 1 aliphatic heterocycles. The third-order valence-electron chi connectivity index (χ3n) is 3.15. The maximum atomic E-state index is 14.0. The molecule has 2 unspecified atom stereocenters. The average Bonchev–Trinajstić information content (AvgIpc) is 2.73. The number of benzene rings is 1. The lowest BCUT2D eigenvalue weighted by Gasteiger charge is -2.15. The second kappa shape index (κ2) is 4.74. The van der Waals surface area contributed by atoms with E-state index in [9.17, 15) is 9.18 Å². The van der Waals surface area contributed by atoms with Crippen molar-refractivity contribution in [3.05, 3.63) is 33.5 Å². The van der Waals surface area contributed by atoms with E-state index in [1.807, 2.05) is 0 Å². The van der Waals surface area contributed by atoms with Gasteiger partial charge in [0.1, 0.15) is 5.82 Å². The van der Waals surface area contributed by atoms with E-state index in [-0.39, 0.29) is 11.9 Å². The lowest BCUT2D eigenvalue weighted by molar-refractivity contribution is -0.141. The summed E-state index contributed by atoms with van der Waals surface area (Å²) < 4.78 is 14.7. The fraction of sp³-hybridized carbons (Fsp3) is 0.417. The van der Waals surface area contributed by atoms with E-state index in [4.69, 9.17) is 5.11 Å². The van der Waals surface area contributed by atoms with Crippen LogP contribution >= 0.6 is 15.9 Å². The van der Waals surface area contributed by atoms with Crippen LogP contribution in [0.4, 0.5) is 4.39 Å². The Morgan fingerprint density at radius 1 is 1.59 bits per heavy atom. The van der Waals surface area contributed by atoms with Crippen molar-refractivity contribution >= 4 is 21.9 Å². The van der Waals surface area contributed by atoms with E-state index in [0.29, 0.717) is 28.6 Å². The highest BCUT2D eigenvalue weighted by Crippen LogP contribution is 2.34. The van der Waals surface area contributed by atoms with E-state index in [1.54, 1.807) is 19.1 Å². The van der Waals surface area contributed by atoms with Gasteiger partial charge in [-0.15, -0.1) is 0 Å². The fourth-order valence-corrected chi connectivity index (χ4v) is 2.72. The molecule has 1 aromatic rings. The van der Waals surface area contributed by atoms with Crippen LogP contribution < -0.4 is 5.32 Å². The second-order valence-corrected chi connectivity index (χ2v) is 5.18. The molecule has 1 heterocycles. The highest BCUT2D eigenvalue weighted by Gasteiger charge is 2.32. The Labute approximate surface area is 107 Å².